The first-order valence-electron chi connectivity index (χ1n) is 9.09. The summed E-state index contributed by atoms with van der Waals surface area (Å²) >= 11 is 0. The van der Waals surface area contributed by atoms with Crippen LogP contribution in [-0.2, 0) is 10.9 Å². The van der Waals surface area contributed by atoms with Gasteiger partial charge in [-0.3, -0.25) is 4.79 Å². The third-order valence-corrected chi connectivity index (χ3v) is 4.44. The number of benzene rings is 1. The van der Waals surface area contributed by atoms with Gasteiger partial charge in [-0.25, -0.2) is 14.6 Å². The Bertz CT molecular complexity index is 1030. The van der Waals surface area contributed by atoms with Crippen molar-refractivity contribution in [2.24, 2.45) is 0 Å². The molecule has 0 spiro atoms. The normalized spacial score (nSPS) is 17.0. The summed E-state index contributed by atoms with van der Waals surface area (Å²) in [5.41, 5.74) is 1.74. The van der Waals surface area contributed by atoms with Gasteiger partial charge in [-0.15, -0.1) is 0 Å². The molecular weight excluding hydrogens is 401 g/mol. The molecule has 11 heteroatoms. The van der Waals surface area contributed by atoms with E-state index < -0.39 is 17.9 Å². The molecule has 1 aromatic carbocycles. The number of alkyl halides is 3. The standard InChI is InChI=1S/C19H17F3N6O2/c20-19(21,22)18-24-6-5-16(27-18)28-11-13(9-25-28)17(29)26-14-3-1-12(2-4-14)15-10-23-7-8-30-15/h1-6,9,11,15,23H,7-8,10H2,(H,26,29)/t15-/m1/s1. The summed E-state index contributed by atoms with van der Waals surface area (Å²) in [4.78, 5) is 19.1. The van der Waals surface area contributed by atoms with E-state index in [1.807, 2.05) is 12.1 Å². The number of halogens is 3. The number of nitrogens with zero attached hydrogens (tertiary/aromatic N) is 4. The topological polar surface area (TPSA) is 94.0 Å². The van der Waals surface area contributed by atoms with Crippen molar-refractivity contribution >= 4 is 11.6 Å². The van der Waals surface area contributed by atoms with Crippen molar-refractivity contribution in [2.75, 3.05) is 25.0 Å². The zero-order chi connectivity index (χ0) is 21.1. The van der Waals surface area contributed by atoms with E-state index in [0.717, 1.165) is 29.5 Å². The summed E-state index contributed by atoms with van der Waals surface area (Å²) in [5, 5.41) is 9.90. The van der Waals surface area contributed by atoms with E-state index in [1.165, 1.54) is 18.5 Å². The van der Waals surface area contributed by atoms with E-state index in [9.17, 15) is 18.0 Å². The number of rotatable bonds is 4. The number of carbonyl (C=O) groups excluding carboxylic acids is 1. The lowest BCUT2D eigenvalue weighted by molar-refractivity contribution is -0.145. The van der Waals surface area contributed by atoms with Gasteiger partial charge in [0.15, 0.2) is 5.82 Å². The number of aromatic nitrogens is 4. The van der Waals surface area contributed by atoms with Crippen LogP contribution in [0.3, 0.4) is 0 Å². The van der Waals surface area contributed by atoms with Crippen LogP contribution in [0.4, 0.5) is 18.9 Å². The highest BCUT2D eigenvalue weighted by atomic mass is 19.4. The van der Waals surface area contributed by atoms with Crippen LogP contribution >= 0.6 is 0 Å². The summed E-state index contributed by atoms with van der Waals surface area (Å²) in [6.45, 7) is 2.19. The quantitative estimate of drug-likeness (QED) is 0.677. The summed E-state index contributed by atoms with van der Waals surface area (Å²) < 4.78 is 45.1. The number of morpholine rings is 1. The molecule has 1 aliphatic heterocycles. The second-order valence-corrected chi connectivity index (χ2v) is 6.55. The van der Waals surface area contributed by atoms with Gasteiger partial charge in [-0.2, -0.15) is 18.3 Å². The molecule has 1 fully saturated rings. The van der Waals surface area contributed by atoms with Crippen molar-refractivity contribution in [3.8, 4) is 5.82 Å². The molecule has 0 unspecified atom stereocenters. The number of amides is 1. The predicted octanol–water partition coefficient (Wildman–Crippen LogP) is 2.59. The maximum Gasteiger partial charge on any atom is 0.451 e. The molecule has 1 aliphatic rings. The van der Waals surface area contributed by atoms with Crippen LogP contribution in [0.2, 0.25) is 0 Å². The van der Waals surface area contributed by atoms with Crippen molar-refractivity contribution in [3.63, 3.8) is 0 Å². The molecule has 3 aromatic rings. The minimum Gasteiger partial charge on any atom is -0.371 e. The fraction of sp³-hybridized carbons (Fsp3) is 0.263. The Morgan fingerprint density at radius 1 is 1.23 bits per heavy atom. The van der Waals surface area contributed by atoms with Crippen molar-refractivity contribution in [2.45, 2.75) is 12.3 Å². The first-order chi connectivity index (χ1) is 14.4. The molecule has 0 aliphatic carbocycles. The summed E-state index contributed by atoms with van der Waals surface area (Å²) in [6, 6.07) is 8.53. The molecule has 1 atom stereocenters. The molecule has 30 heavy (non-hydrogen) atoms. The molecule has 1 amide bonds. The van der Waals surface area contributed by atoms with Gasteiger partial charge in [-0.1, -0.05) is 12.1 Å². The van der Waals surface area contributed by atoms with E-state index in [4.69, 9.17) is 4.74 Å². The molecule has 156 valence electrons. The average Bonchev–Trinajstić information content (AvgIpc) is 3.25. The third kappa shape index (κ3) is 4.47. The van der Waals surface area contributed by atoms with Crippen LogP contribution in [0, 0.1) is 0 Å². The molecule has 2 N–H and O–H groups in total. The molecule has 0 bridgehead atoms. The Morgan fingerprint density at radius 3 is 2.73 bits per heavy atom. The maximum absolute atomic E-state index is 12.8. The van der Waals surface area contributed by atoms with E-state index in [0.29, 0.717) is 12.3 Å². The van der Waals surface area contributed by atoms with Crippen LogP contribution in [0.1, 0.15) is 27.8 Å². The predicted molar refractivity (Wildman–Crippen MR) is 100 cm³/mol. The van der Waals surface area contributed by atoms with Gasteiger partial charge in [0.25, 0.3) is 5.91 Å². The number of hydrogen-bond donors (Lipinski definition) is 2. The number of carbonyl (C=O) groups is 1. The Kier molecular flexibility index (Phi) is 5.46. The fourth-order valence-electron chi connectivity index (χ4n) is 2.94. The van der Waals surface area contributed by atoms with Crippen LogP contribution in [-0.4, -0.2) is 45.4 Å². The molecule has 1 saturated heterocycles. The Labute approximate surface area is 169 Å². The fourth-order valence-corrected chi connectivity index (χ4v) is 2.94. The number of nitrogens with one attached hydrogen (secondary N) is 2. The Hall–Kier alpha value is -3.31. The minimum atomic E-state index is -4.67. The second-order valence-electron chi connectivity index (χ2n) is 6.55. The molecule has 3 heterocycles. The lowest BCUT2D eigenvalue weighted by Crippen LogP contribution is -2.33. The highest BCUT2D eigenvalue weighted by Gasteiger charge is 2.34. The lowest BCUT2D eigenvalue weighted by Gasteiger charge is -2.24. The van der Waals surface area contributed by atoms with Crippen LogP contribution in [0.25, 0.3) is 5.82 Å². The zero-order valence-corrected chi connectivity index (χ0v) is 15.6. The maximum atomic E-state index is 12.8. The molecule has 4 rings (SSSR count). The van der Waals surface area contributed by atoms with E-state index in [1.54, 1.807) is 12.1 Å². The van der Waals surface area contributed by atoms with Crippen molar-refractivity contribution in [1.29, 1.82) is 0 Å². The summed E-state index contributed by atoms with van der Waals surface area (Å²) in [7, 11) is 0. The van der Waals surface area contributed by atoms with Gasteiger partial charge in [0, 0.05) is 37.2 Å². The minimum absolute atomic E-state index is 0.0313. The van der Waals surface area contributed by atoms with Crippen LogP contribution in [0.15, 0.2) is 48.9 Å². The number of ether oxygens (including phenoxy) is 1. The van der Waals surface area contributed by atoms with E-state index >= 15 is 0 Å². The van der Waals surface area contributed by atoms with E-state index in [2.05, 4.69) is 25.7 Å². The Balaban J connectivity index is 1.44. The van der Waals surface area contributed by atoms with Crippen molar-refractivity contribution in [1.82, 2.24) is 25.1 Å². The number of anilines is 1. The lowest BCUT2D eigenvalue weighted by atomic mass is 10.1. The summed E-state index contributed by atoms with van der Waals surface area (Å²) in [6.07, 6.45) is -1.17. The second kappa shape index (κ2) is 8.20. The number of hydrogen-bond acceptors (Lipinski definition) is 6. The first kappa shape index (κ1) is 20.0. The van der Waals surface area contributed by atoms with Gasteiger partial charge in [0.2, 0.25) is 5.82 Å². The molecule has 0 radical (unpaired) electrons. The molecule has 8 nitrogen and oxygen atoms in total. The van der Waals surface area contributed by atoms with Crippen LogP contribution in [0.5, 0.6) is 0 Å². The first-order valence-corrected chi connectivity index (χ1v) is 9.09. The van der Waals surface area contributed by atoms with Gasteiger partial charge >= 0.3 is 6.18 Å². The highest BCUT2D eigenvalue weighted by molar-refractivity contribution is 6.03. The van der Waals surface area contributed by atoms with Gasteiger partial charge in [0.1, 0.15) is 0 Å². The largest absolute Gasteiger partial charge is 0.451 e. The molecule has 0 saturated carbocycles. The Morgan fingerprint density at radius 2 is 2.03 bits per heavy atom. The van der Waals surface area contributed by atoms with E-state index in [-0.39, 0.29) is 17.5 Å². The zero-order valence-electron chi connectivity index (χ0n) is 15.6. The average molecular weight is 418 g/mol. The van der Waals surface area contributed by atoms with Crippen LogP contribution < -0.4 is 10.6 Å². The van der Waals surface area contributed by atoms with Crippen molar-refractivity contribution < 1.29 is 22.7 Å². The van der Waals surface area contributed by atoms with Gasteiger partial charge in [-0.05, 0) is 17.7 Å². The smallest absolute Gasteiger partial charge is 0.371 e. The van der Waals surface area contributed by atoms with Gasteiger partial charge in [0.05, 0.1) is 24.5 Å². The van der Waals surface area contributed by atoms with Gasteiger partial charge < -0.3 is 15.4 Å². The highest BCUT2D eigenvalue weighted by Crippen LogP contribution is 2.26. The monoisotopic (exact) mass is 418 g/mol. The third-order valence-electron chi connectivity index (χ3n) is 4.44. The summed E-state index contributed by atoms with van der Waals surface area (Å²) in [5.74, 6) is -1.82. The molecule has 2 aromatic heterocycles. The SMILES string of the molecule is O=C(Nc1ccc([C@H]2CNCCO2)cc1)c1cnn(-c2ccnc(C(F)(F)F)n2)c1. The molecular formula is C19H17F3N6O2. The van der Waals surface area contributed by atoms with Crippen molar-refractivity contribution in [3.05, 3.63) is 65.9 Å².